The standard InChI is InChI=1S/C29H39N3O6/c1-18(2)27-31-32-28(38-27)21-7-5-20(6-8-21)26(34)30-17-3-4-25(33)19-9-13-23(14-10-19)37-24-15-11-22(12-16-24)29(35)36/h9-10,13-14,18,20-22,24H,3-8,11-12,15-17H2,1-2H3,(H,30,34)(H,35,36). The first-order chi connectivity index (χ1) is 18.3. The smallest absolute Gasteiger partial charge is 0.306 e. The molecule has 1 aromatic carbocycles. The minimum atomic E-state index is -0.727. The maximum absolute atomic E-state index is 12.6. The van der Waals surface area contributed by atoms with E-state index >= 15 is 0 Å². The SMILES string of the molecule is CC(C)c1nnc(C2CCC(C(=O)NCCCC(=O)c3ccc(OC4CCC(C(=O)O)CC4)cc3)CC2)o1. The summed E-state index contributed by atoms with van der Waals surface area (Å²) in [7, 11) is 0. The molecule has 4 rings (SSSR count). The van der Waals surface area contributed by atoms with Crippen LogP contribution >= 0.6 is 0 Å². The molecule has 1 amide bonds. The average molecular weight is 526 g/mol. The first-order valence-corrected chi connectivity index (χ1v) is 13.9. The van der Waals surface area contributed by atoms with Crippen molar-refractivity contribution in [2.45, 2.75) is 96.0 Å². The van der Waals surface area contributed by atoms with Crippen LogP contribution in [0.4, 0.5) is 0 Å². The Morgan fingerprint density at radius 2 is 1.63 bits per heavy atom. The van der Waals surface area contributed by atoms with Crippen LogP contribution in [-0.4, -0.2) is 45.6 Å². The Hall–Kier alpha value is -3.23. The van der Waals surface area contributed by atoms with Gasteiger partial charge < -0.3 is 19.6 Å². The minimum absolute atomic E-state index is 0.0128. The van der Waals surface area contributed by atoms with E-state index in [1.165, 1.54) is 0 Å². The van der Waals surface area contributed by atoms with Crippen LogP contribution in [0.3, 0.4) is 0 Å². The summed E-state index contributed by atoms with van der Waals surface area (Å²) in [6, 6.07) is 7.13. The number of Topliss-reactive ketones (excluding diaryl/α,β-unsaturated/α-hetero) is 1. The van der Waals surface area contributed by atoms with Crippen LogP contribution in [0.1, 0.15) is 112 Å². The summed E-state index contributed by atoms with van der Waals surface area (Å²) < 4.78 is 11.8. The van der Waals surface area contributed by atoms with E-state index in [0.29, 0.717) is 55.3 Å². The zero-order valence-electron chi connectivity index (χ0n) is 22.4. The molecule has 0 aliphatic heterocycles. The van der Waals surface area contributed by atoms with Gasteiger partial charge in [-0.25, -0.2) is 0 Å². The van der Waals surface area contributed by atoms with Gasteiger partial charge in [-0.1, -0.05) is 13.8 Å². The Morgan fingerprint density at radius 3 is 2.24 bits per heavy atom. The van der Waals surface area contributed by atoms with Crippen molar-refractivity contribution in [3.05, 3.63) is 41.6 Å². The Morgan fingerprint density at radius 1 is 0.974 bits per heavy atom. The normalized spacial score (nSPS) is 23.7. The Balaban J connectivity index is 1.12. The molecule has 0 radical (unpaired) electrons. The van der Waals surface area contributed by atoms with Crippen molar-refractivity contribution >= 4 is 17.7 Å². The van der Waals surface area contributed by atoms with E-state index in [1.807, 2.05) is 13.8 Å². The molecule has 206 valence electrons. The van der Waals surface area contributed by atoms with Crippen molar-refractivity contribution in [3.63, 3.8) is 0 Å². The number of nitrogens with one attached hydrogen (secondary N) is 1. The number of carbonyl (C=O) groups excluding carboxylic acids is 2. The molecule has 0 unspecified atom stereocenters. The second kappa shape index (κ2) is 13.0. The van der Waals surface area contributed by atoms with Crippen LogP contribution < -0.4 is 10.1 Å². The van der Waals surface area contributed by atoms with Crippen molar-refractivity contribution in [2.24, 2.45) is 11.8 Å². The third-order valence-corrected chi connectivity index (χ3v) is 7.78. The molecule has 0 spiro atoms. The van der Waals surface area contributed by atoms with Crippen molar-refractivity contribution in [2.75, 3.05) is 6.54 Å². The Labute approximate surface area is 223 Å². The summed E-state index contributed by atoms with van der Waals surface area (Å²) in [4.78, 5) is 36.3. The van der Waals surface area contributed by atoms with Gasteiger partial charge in [0.2, 0.25) is 17.7 Å². The van der Waals surface area contributed by atoms with Crippen LogP contribution in [0, 0.1) is 11.8 Å². The third-order valence-electron chi connectivity index (χ3n) is 7.78. The molecule has 2 fully saturated rings. The van der Waals surface area contributed by atoms with Gasteiger partial charge in [-0.15, -0.1) is 10.2 Å². The quantitative estimate of drug-likeness (QED) is 0.300. The van der Waals surface area contributed by atoms with Crippen molar-refractivity contribution in [3.8, 4) is 5.75 Å². The fourth-order valence-corrected chi connectivity index (χ4v) is 5.34. The van der Waals surface area contributed by atoms with E-state index in [0.717, 1.165) is 38.5 Å². The topological polar surface area (TPSA) is 132 Å². The number of rotatable bonds is 11. The van der Waals surface area contributed by atoms with Gasteiger partial charge in [-0.3, -0.25) is 14.4 Å². The van der Waals surface area contributed by atoms with Gasteiger partial charge in [-0.2, -0.15) is 0 Å². The summed E-state index contributed by atoms with van der Waals surface area (Å²) in [5.74, 6) is 1.57. The number of benzene rings is 1. The lowest BCUT2D eigenvalue weighted by Gasteiger charge is -2.26. The highest BCUT2D eigenvalue weighted by atomic mass is 16.5. The van der Waals surface area contributed by atoms with E-state index in [2.05, 4.69) is 15.5 Å². The predicted octanol–water partition coefficient (Wildman–Crippen LogP) is 5.27. The molecule has 38 heavy (non-hydrogen) atoms. The van der Waals surface area contributed by atoms with E-state index < -0.39 is 5.97 Å². The van der Waals surface area contributed by atoms with E-state index in [1.54, 1.807) is 24.3 Å². The summed E-state index contributed by atoms with van der Waals surface area (Å²) >= 11 is 0. The fraction of sp³-hybridized carbons (Fsp3) is 0.621. The second-order valence-corrected chi connectivity index (χ2v) is 11.0. The minimum Gasteiger partial charge on any atom is -0.490 e. The molecule has 9 nitrogen and oxygen atoms in total. The van der Waals surface area contributed by atoms with Crippen LogP contribution in [0.25, 0.3) is 0 Å². The number of ether oxygens (including phenoxy) is 1. The molecular formula is C29H39N3O6. The molecule has 2 N–H and O–H groups in total. The van der Waals surface area contributed by atoms with Crippen molar-refractivity contribution < 1.29 is 28.6 Å². The lowest BCUT2D eigenvalue weighted by molar-refractivity contribution is -0.143. The van der Waals surface area contributed by atoms with E-state index in [9.17, 15) is 14.4 Å². The number of aliphatic carboxylic acids is 1. The summed E-state index contributed by atoms with van der Waals surface area (Å²) in [6.07, 6.45) is 7.00. The third kappa shape index (κ3) is 7.42. The number of hydrogen-bond donors (Lipinski definition) is 2. The number of ketones is 1. The van der Waals surface area contributed by atoms with Crippen molar-refractivity contribution in [1.29, 1.82) is 0 Å². The molecule has 1 heterocycles. The van der Waals surface area contributed by atoms with Crippen LogP contribution in [0.5, 0.6) is 5.75 Å². The lowest BCUT2D eigenvalue weighted by Crippen LogP contribution is -2.33. The number of amides is 1. The average Bonchev–Trinajstić information content (AvgIpc) is 3.43. The zero-order chi connectivity index (χ0) is 27.1. The molecule has 2 saturated carbocycles. The molecular weight excluding hydrogens is 486 g/mol. The van der Waals surface area contributed by atoms with Gasteiger partial charge in [0.25, 0.3) is 0 Å². The molecule has 0 bridgehead atoms. The van der Waals surface area contributed by atoms with Crippen LogP contribution in [0.2, 0.25) is 0 Å². The maximum atomic E-state index is 12.6. The fourth-order valence-electron chi connectivity index (χ4n) is 5.34. The number of carboxylic acid groups (broad SMARTS) is 1. The summed E-state index contributed by atoms with van der Waals surface area (Å²) in [6.45, 7) is 4.53. The first-order valence-electron chi connectivity index (χ1n) is 13.9. The van der Waals surface area contributed by atoms with E-state index in [4.69, 9.17) is 14.3 Å². The predicted molar refractivity (Wildman–Crippen MR) is 140 cm³/mol. The lowest BCUT2D eigenvalue weighted by atomic mass is 9.81. The number of aromatic nitrogens is 2. The molecule has 2 aliphatic rings. The molecule has 0 atom stereocenters. The molecule has 1 aromatic heterocycles. The highest BCUT2D eigenvalue weighted by Gasteiger charge is 2.30. The molecule has 2 aromatic rings. The molecule has 0 saturated heterocycles. The van der Waals surface area contributed by atoms with Gasteiger partial charge >= 0.3 is 5.97 Å². The van der Waals surface area contributed by atoms with Crippen LogP contribution in [0.15, 0.2) is 28.7 Å². The zero-order valence-corrected chi connectivity index (χ0v) is 22.4. The van der Waals surface area contributed by atoms with Crippen molar-refractivity contribution in [1.82, 2.24) is 15.5 Å². The van der Waals surface area contributed by atoms with Crippen LogP contribution in [-0.2, 0) is 9.59 Å². The number of carbonyl (C=O) groups is 3. The van der Waals surface area contributed by atoms with Gasteiger partial charge in [0.1, 0.15) is 5.75 Å². The summed E-state index contributed by atoms with van der Waals surface area (Å²) in [5, 5.41) is 20.4. The highest BCUT2D eigenvalue weighted by Crippen LogP contribution is 2.35. The number of hydrogen-bond acceptors (Lipinski definition) is 7. The largest absolute Gasteiger partial charge is 0.490 e. The van der Waals surface area contributed by atoms with Gasteiger partial charge in [0.05, 0.1) is 12.0 Å². The van der Waals surface area contributed by atoms with E-state index in [-0.39, 0.29) is 41.5 Å². The Bertz CT molecular complexity index is 1080. The summed E-state index contributed by atoms with van der Waals surface area (Å²) in [5.41, 5.74) is 0.623. The molecule has 9 heteroatoms. The van der Waals surface area contributed by atoms with Gasteiger partial charge in [0, 0.05) is 36.3 Å². The Kier molecular flexibility index (Phi) is 9.53. The monoisotopic (exact) mass is 525 g/mol. The van der Waals surface area contributed by atoms with Gasteiger partial charge in [0.15, 0.2) is 5.78 Å². The maximum Gasteiger partial charge on any atom is 0.306 e. The van der Waals surface area contributed by atoms with Gasteiger partial charge in [-0.05, 0) is 82.1 Å². The first kappa shape index (κ1) is 27.8. The number of carboxylic acids is 1. The highest BCUT2D eigenvalue weighted by molar-refractivity contribution is 5.96. The molecule has 2 aliphatic carbocycles. The second-order valence-electron chi connectivity index (χ2n) is 11.0. The number of nitrogens with zero attached hydrogens (tertiary/aromatic N) is 2.